The van der Waals surface area contributed by atoms with Crippen molar-refractivity contribution in [3.63, 3.8) is 0 Å². The Balaban J connectivity index is 1.61. The molecule has 134 valence electrons. The Morgan fingerprint density at radius 2 is 2.15 bits per heavy atom. The van der Waals surface area contributed by atoms with Gasteiger partial charge in [0.25, 0.3) is 5.91 Å². The summed E-state index contributed by atoms with van der Waals surface area (Å²) in [5, 5.41) is 2.97. The van der Waals surface area contributed by atoms with Crippen molar-refractivity contribution in [1.82, 2.24) is 14.9 Å². The highest BCUT2D eigenvalue weighted by molar-refractivity contribution is 5.97. The zero-order chi connectivity index (χ0) is 18.1. The first-order chi connectivity index (χ1) is 12.6. The van der Waals surface area contributed by atoms with Gasteiger partial charge in [-0.05, 0) is 62.6 Å². The number of hydrogen-bond acceptors (Lipinski definition) is 3. The Bertz CT molecular complexity index is 955. The van der Waals surface area contributed by atoms with Gasteiger partial charge in [-0.2, -0.15) is 0 Å². The fourth-order valence-corrected chi connectivity index (χ4v) is 3.55. The normalized spacial score (nSPS) is 16.9. The van der Waals surface area contributed by atoms with E-state index in [4.69, 9.17) is 4.74 Å². The summed E-state index contributed by atoms with van der Waals surface area (Å²) in [6.45, 7) is 5.42. The van der Waals surface area contributed by atoms with Gasteiger partial charge in [0.1, 0.15) is 5.82 Å². The van der Waals surface area contributed by atoms with E-state index in [2.05, 4.69) is 40.0 Å². The van der Waals surface area contributed by atoms with E-state index in [-0.39, 0.29) is 12.0 Å². The highest BCUT2D eigenvalue weighted by Crippen LogP contribution is 2.23. The number of aryl methyl sites for hydroxylation is 2. The van der Waals surface area contributed by atoms with Crippen molar-refractivity contribution in [2.45, 2.75) is 32.8 Å². The number of carbonyl (C=O) groups is 1. The second-order valence-electron chi connectivity index (χ2n) is 6.88. The van der Waals surface area contributed by atoms with E-state index in [1.165, 1.54) is 5.56 Å². The Kier molecular flexibility index (Phi) is 4.47. The minimum Gasteiger partial charge on any atom is -0.376 e. The van der Waals surface area contributed by atoms with Crippen LogP contribution in [0.25, 0.3) is 16.7 Å². The van der Waals surface area contributed by atoms with Crippen molar-refractivity contribution in [2.24, 2.45) is 0 Å². The number of benzene rings is 2. The van der Waals surface area contributed by atoms with Gasteiger partial charge >= 0.3 is 0 Å². The number of fused-ring (bicyclic) bond motifs is 1. The van der Waals surface area contributed by atoms with Gasteiger partial charge in [-0.3, -0.25) is 9.36 Å². The number of ether oxygens (including phenoxy) is 1. The van der Waals surface area contributed by atoms with Gasteiger partial charge in [0.15, 0.2) is 0 Å². The predicted octanol–water partition coefficient (Wildman–Crippen LogP) is 3.55. The van der Waals surface area contributed by atoms with E-state index in [1.807, 2.05) is 31.2 Å². The first kappa shape index (κ1) is 16.8. The van der Waals surface area contributed by atoms with Crippen LogP contribution in [0.5, 0.6) is 0 Å². The Hall–Kier alpha value is -2.66. The molecule has 2 heterocycles. The summed E-state index contributed by atoms with van der Waals surface area (Å²) in [7, 11) is 0. The van der Waals surface area contributed by atoms with Gasteiger partial charge in [0.05, 0.1) is 17.1 Å². The van der Waals surface area contributed by atoms with E-state index in [0.717, 1.165) is 42.0 Å². The lowest BCUT2D eigenvalue weighted by atomic mass is 10.1. The minimum atomic E-state index is -0.0786. The third-order valence-electron chi connectivity index (χ3n) is 4.86. The van der Waals surface area contributed by atoms with Gasteiger partial charge in [-0.25, -0.2) is 4.98 Å². The van der Waals surface area contributed by atoms with Crippen LogP contribution < -0.4 is 5.32 Å². The smallest absolute Gasteiger partial charge is 0.251 e. The highest BCUT2D eigenvalue weighted by atomic mass is 16.5. The second-order valence-corrected chi connectivity index (χ2v) is 6.88. The van der Waals surface area contributed by atoms with Gasteiger partial charge in [-0.1, -0.05) is 12.1 Å². The van der Waals surface area contributed by atoms with Crippen molar-refractivity contribution >= 4 is 16.9 Å². The number of imidazole rings is 1. The lowest BCUT2D eigenvalue weighted by Gasteiger charge is -2.11. The molecule has 1 saturated heterocycles. The number of nitrogens with zero attached hydrogens (tertiary/aromatic N) is 2. The summed E-state index contributed by atoms with van der Waals surface area (Å²) in [5.74, 6) is 0.827. The lowest BCUT2D eigenvalue weighted by molar-refractivity contribution is 0.0858. The number of amides is 1. The molecule has 1 aromatic heterocycles. The number of nitrogens with one attached hydrogen (secondary N) is 1. The summed E-state index contributed by atoms with van der Waals surface area (Å²) < 4.78 is 7.68. The summed E-state index contributed by atoms with van der Waals surface area (Å²) in [6.07, 6.45) is 2.23. The molecule has 5 nitrogen and oxygen atoms in total. The first-order valence-electron chi connectivity index (χ1n) is 9.08. The van der Waals surface area contributed by atoms with E-state index >= 15 is 0 Å². The summed E-state index contributed by atoms with van der Waals surface area (Å²) in [6, 6.07) is 14.0. The molecule has 3 aromatic rings. The molecule has 26 heavy (non-hydrogen) atoms. The van der Waals surface area contributed by atoms with Crippen LogP contribution in [0, 0.1) is 13.8 Å². The SMILES string of the molecule is Cc1cccc(-n2c(C)nc3cc(C(=O)NC[C@H]4CCCO4)ccc32)c1. The van der Waals surface area contributed by atoms with Crippen molar-refractivity contribution in [3.05, 3.63) is 59.4 Å². The Morgan fingerprint density at radius 3 is 2.92 bits per heavy atom. The Morgan fingerprint density at radius 1 is 1.27 bits per heavy atom. The first-order valence-corrected chi connectivity index (χ1v) is 9.08. The molecular weight excluding hydrogens is 326 g/mol. The monoisotopic (exact) mass is 349 g/mol. The molecule has 1 fully saturated rings. The third kappa shape index (κ3) is 3.22. The number of hydrogen-bond donors (Lipinski definition) is 1. The molecule has 1 aliphatic rings. The molecule has 0 unspecified atom stereocenters. The van der Waals surface area contributed by atoms with Crippen LogP contribution in [0.1, 0.15) is 34.6 Å². The topological polar surface area (TPSA) is 56.2 Å². The van der Waals surface area contributed by atoms with Gasteiger partial charge in [0.2, 0.25) is 0 Å². The number of rotatable bonds is 4. The molecule has 1 atom stereocenters. The molecule has 0 radical (unpaired) electrons. The van der Waals surface area contributed by atoms with Gasteiger partial charge in [-0.15, -0.1) is 0 Å². The van der Waals surface area contributed by atoms with E-state index in [9.17, 15) is 4.79 Å². The van der Waals surface area contributed by atoms with Crippen LogP contribution in [0.4, 0.5) is 0 Å². The van der Waals surface area contributed by atoms with Crippen LogP contribution in [0.2, 0.25) is 0 Å². The molecular formula is C21H23N3O2. The average Bonchev–Trinajstić information content (AvgIpc) is 3.25. The van der Waals surface area contributed by atoms with Crippen LogP contribution >= 0.6 is 0 Å². The lowest BCUT2D eigenvalue weighted by Crippen LogP contribution is -2.31. The molecule has 2 aromatic carbocycles. The fourth-order valence-electron chi connectivity index (χ4n) is 3.55. The zero-order valence-corrected chi connectivity index (χ0v) is 15.2. The maximum atomic E-state index is 12.5. The molecule has 1 N–H and O–H groups in total. The van der Waals surface area contributed by atoms with Crippen molar-refractivity contribution in [2.75, 3.05) is 13.2 Å². The maximum Gasteiger partial charge on any atom is 0.251 e. The predicted molar refractivity (Wildman–Crippen MR) is 102 cm³/mol. The standard InChI is InChI=1S/C21H23N3O2/c1-14-5-3-6-17(11-14)24-15(2)23-19-12-16(8-9-20(19)24)21(25)22-13-18-7-4-10-26-18/h3,5-6,8-9,11-12,18H,4,7,10,13H2,1-2H3,(H,22,25)/t18-/m1/s1. The molecule has 1 amide bonds. The van der Waals surface area contributed by atoms with Gasteiger partial charge in [0, 0.05) is 24.4 Å². The number of aromatic nitrogens is 2. The van der Waals surface area contributed by atoms with E-state index in [0.29, 0.717) is 12.1 Å². The van der Waals surface area contributed by atoms with Crippen molar-refractivity contribution in [3.8, 4) is 5.69 Å². The van der Waals surface area contributed by atoms with Crippen LogP contribution in [-0.4, -0.2) is 34.7 Å². The largest absolute Gasteiger partial charge is 0.376 e. The van der Waals surface area contributed by atoms with Crippen LogP contribution in [-0.2, 0) is 4.74 Å². The van der Waals surface area contributed by atoms with E-state index < -0.39 is 0 Å². The molecule has 4 rings (SSSR count). The fraction of sp³-hybridized carbons (Fsp3) is 0.333. The summed E-state index contributed by atoms with van der Waals surface area (Å²) in [5.41, 5.74) is 4.75. The third-order valence-corrected chi connectivity index (χ3v) is 4.86. The highest BCUT2D eigenvalue weighted by Gasteiger charge is 2.17. The van der Waals surface area contributed by atoms with Gasteiger partial charge < -0.3 is 10.1 Å². The summed E-state index contributed by atoms with van der Waals surface area (Å²) >= 11 is 0. The molecule has 0 bridgehead atoms. The molecule has 5 heteroatoms. The average molecular weight is 349 g/mol. The quantitative estimate of drug-likeness (QED) is 0.784. The zero-order valence-electron chi connectivity index (χ0n) is 15.2. The minimum absolute atomic E-state index is 0.0786. The number of carbonyl (C=O) groups excluding carboxylic acids is 1. The van der Waals surface area contributed by atoms with Crippen LogP contribution in [0.3, 0.4) is 0 Å². The molecule has 0 saturated carbocycles. The van der Waals surface area contributed by atoms with Crippen LogP contribution in [0.15, 0.2) is 42.5 Å². The Labute approximate surface area is 153 Å². The second kappa shape index (κ2) is 6.92. The molecule has 0 aliphatic carbocycles. The molecule has 1 aliphatic heterocycles. The van der Waals surface area contributed by atoms with Crippen molar-refractivity contribution in [1.29, 1.82) is 0 Å². The van der Waals surface area contributed by atoms with Crippen molar-refractivity contribution < 1.29 is 9.53 Å². The van der Waals surface area contributed by atoms with E-state index in [1.54, 1.807) is 0 Å². The molecule has 0 spiro atoms. The maximum absolute atomic E-state index is 12.5. The summed E-state index contributed by atoms with van der Waals surface area (Å²) in [4.78, 5) is 17.1.